The third-order valence-electron chi connectivity index (χ3n) is 3.63. The van der Waals surface area contributed by atoms with E-state index in [9.17, 15) is 4.79 Å². The van der Waals surface area contributed by atoms with Gasteiger partial charge in [0.2, 0.25) is 5.91 Å². The molecule has 1 aliphatic rings. The molecule has 0 aliphatic carbocycles. The summed E-state index contributed by atoms with van der Waals surface area (Å²) in [5.74, 6) is 1.80. The van der Waals surface area contributed by atoms with Crippen molar-refractivity contribution in [3.8, 4) is 0 Å². The maximum Gasteiger partial charge on any atom is 0.244 e. The SMILES string of the molecule is CNC(=O)C1COCCN1c1ncnc(NC)c1C(C)C. The van der Waals surface area contributed by atoms with E-state index in [1.807, 2.05) is 11.9 Å². The predicted octanol–water partition coefficient (Wildman–Crippen LogP) is 0.593. The minimum absolute atomic E-state index is 0.0611. The first-order valence-corrected chi connectivity index (χ1v) is 7.18. The summed E-state index contributed by atoms with van der Waals surface area (Å²) in [7, 11) is 3.48. The standard InChI is InChI=1S/C14H23N5O2/c1-9(2)11-12(15-3)17-8-18-13(11)19-5-6-21-7-10(19)14(20)16-4/h8-10H,5-7H2,1-4H3,(H,16,20)(H,15,17,18). The highest BCUT2D eigenvalue weighted by Crippen LogP contribution is 2.32. The minimum atomic E-state index is -0.360. The fraction of sp³-hybridized carbons (Fsp3) is 0.643. The topological polar surface area (TPSA) is 79.4 Å². The molecule has 7 heteroatoms. The molecule has 1 aromatic heterocycles. The number of carbonyl (C=O) groups excluding carboxylic acids is 1. The lowest BCUT2D eigenvalue weighted by Crippen LogP contribution is -2.54. The second-order valence-corrected chi connectivity index (χ2v) is 5.26. The van der Waals surface area contributed by atoms with Crippen LogP contribution in [0.2, 0.25) is 0 Å². The molecule has 1 saturated heterocycles. The number of amides is 1. The highest BCUT2D eigenvalue weighted by atomic mass is 16.5. The molecular weight excluding hydrogens is 270 g/mol. The number of anilines is 2. The Hall–Kier alpha value is -1.89. The summed E-state index contributed by atoms with van der Waals surface area (Å²) in [6, 6.07) is -0.360. The molecule has 7 nitrogen and oxygen atoms in total. The van der Waals surface area contributed by atoms with Crippen molar-refractivity contribution in [2.24, 2.45) is 0 Å². The molecule has 0 radical (unpaired) electrons. The molecule has 2 N–H and O–H groups in total. The van der Waals surface area contributed by atoms with Gasteiger partial charge >= 0.3 is 0 Å². The summed E-state index contributed by atoms with van der Waals surface area (Å²) in [5, 5.41) is 5.80. The predicted molar refractivity (Wildman–Crippen MR) is 81.7 cm³/mol. The van der Waals surface area contributed by atoms with Crippen molar-refractivity contribution in [1.29, 1.82) is 0 Å². The Morgan fingerprint density at radius 3 is 2.81 bits per heavy atom. The molecule has 2 rings (SSSR count). The van der Waals surface area contributed by atoms with Gasteiger partial charge in [-0.15, -0.1) is 0 Å². The van der Waals surface area contributed by atoms with Crippen LogP contribution in [0.1, 0.15) is 25.3 Å². The Labute approximate surface area is 125 Å². The van der Waals surface area contributed by atoms with Gasteiger partial charge in [0, 0.05) is 26.2 Å². The Bertz CT molecular complexity index is 506. The monoisotopic (exact) mass is 293 g/mol. The van der Waals surface area contributed by atoms with Crippen LogP contribution in [0.15, 0.2) is 6.33 Å². The average molecular weight is 293 g/mol. The van der Waals surface area contributed by atoms with Crippen LogP contribution < -0.4 is 15.5 Å². The fourth-order valence-electron chi connectivity index (χ4n) is 2.59. The number of ether oxygens (including phenoxy) is 1. The fourth-order valence-corrected chi connectivity index (χ4v) is 2.59. The number of carbonyl (C=O) groups is 1. The molecule has 1 atom stereocenters. The Balaban J connectivity index is 2.45. The zero-order chi connectivity index (χ0) is 15.4. The Morgan fingerprint density at radius 2 is 2.19 bits per heavy atom. The average Bonchev–Trinajstić information content (AvgIpc) is 2.53. The molecule has 21 heavy (non-hydrogen) atoms. The van der Waals surface area contributed by atoms with Crippen molar-refractivity contribution < 1.29 is 9.53 Å². The molecule has 0 aromatic carbocycles. The number of likely N-dealkylation sites (N-methyl/N-ethyl adjacent to an activating group) is 1. The van der Waals surface area contributed by atoms with Crippen molar-refractivity contribution in [2.45, 2.75) is 25.8 Å². The first-order chi connectivity index (χ1) is 10.1. The molecule has 2 heterocycles. The summed E-state index contributed by atoms with van der Waals surface area (Å²) < 4.78 is 5.45. The highest BCUT2D eigenvalue weighted by Gasteiger charge is 2.32. The summed E-state index contributed by atoms with van der Waals surface area (Å²) in [6.07, 6.45) is 1.53. The molecular formula is C14H23N5O2. The van der Waals surface area contributed by atoms with Crippen LogP contribution in [0.4, 0.5) is 11.6 Å². The third kappa shape index (κ3) is 3.07. The summed E-state index contributed by atoms with van der Waals surface area (Å²) in [5.41, 5.74) is 1.02. The highest BCUT2D eigenvalue weighted by molar-refractivity contribution is 5.85. The molecule has 1 amide bonds. The van der Waals surface area contributed by atoms with Crippen LogP contribution in [0.25, 0.3) is 0 Å². The van der Waals surface area contributed by atoms with Crippen LogP contribution in [-0.2, 0) is 9.53 Å². The van der Waals surface area contributed by atoms with Gasteiger partial charge in [-0.25, -0.2) is 9.97 Å². The molecule has 1 aliphatic heterocycles. The van der Waals surface area contributed by atoms with Crippen LogP contribution in [-0.4, -0.2) is 55.8 Å². The van der Waals surface area contributed by atoms with E-state index < -0.39 is 0 Å². The van der Waals surface area contributed by atoms with Crippen LogP contribution in [0.3, 0.4) is 0 Å². The molecule has 1 unspecified atom stereocenters. The zero-order valence-corrected chi connectivity index (χ0v) is 13.0. The van der Waals surface area contributed by atoms with Gasteiger partial charge in [0.1, 0.15) is 24.0 Å². The van der Waals surface area contributed by atoms with E-state index in [0.29, 0.717) is 19.8 Å². The number of nitrogens with one attached hydrogen (secondary N) is 2. The van der Waals surface area contributed by atoms with E-state index in [1.54, 1.807) is 7.05 Å². The largest absolute Gasteiger partial charge is 0.377 e. The first kappa shape index (κ1) is 15.5. The number of nitrogens with zero attached hydrogens (tertiary/aromatic N) is 3. The van der Waals surface area contributed by atoms with E-state index in [4.69, 9.17) is 4.74 Å². The smallest absolute Gasteiger partial charge is 0.244 e. The number of aromatic nitrogens is 2. The van der Waals surface area contributed by atoms with Crippen LogP contribution in [0.5, 0.6) is 0 Å². The maximum atomic E-state index is 12.1. The van der Waals surface area contributed by atoms with Crippen LogP contribution >= 0.6 is 0 Å². The van der Waals surface area contributed by atoms with Crippen molar-refractivity contribution in [1.82, 2.24) is 15.3 Å². The van der Waals surface area contributed by atoms with E-state index >= 15 is 0 Å². The number of hydrogen-bond donors (Lipinski definition) is 2. The van der Waals surface area contributed by atoms with E-state index in [1.165, 1.54) is 6.33 Å². The lowest BCUT2D eigenvalue weighted by molar-refractivity contribution is -0.124. The molecule has 1 fully saturated rings. The van der Waals surface area contributed by atoms with Gasteiger partial charge in [-0.3, -0.25) is 4.79 Å². The first-order valence-electron chi connectivity index (χ1n) is 7.18. The summed E-state index contributed by atoms with van der Waals surface area (Å²) >= 11 is 0. The van der Waals surface area contributed by atoms with E-state index in [-0.39, 0.29) is 17.9 Å². The second-order valence-electron chi connectivity index (χ2n) is 5.26. The van der Waals surface area contributed by atoms with Gasteiger partial charge in [-0.2, -0.15) is 0 Å². The van der Waals surface area contributed by atoms with Gasteiger partial charge in [0.05, 0.1) is 13.2 Å². The quantitative estimate of drug-likeness (QED) is 0.846. The van der Waals surface area contributed by atoms with Gasteiger partial charge in [-0.1, -0.05) is 13.8 Å². The Morgan fingerprint density at radius 1 is 1.43 bits per heavy atom. The number of morpholine rings is 1. The van der Waals surface area contributed by atoms with Crippen molar-refractivity contribution in [3.63, 3.8) is 0 Å². The van der Waals surface area contributed by atoms with E-state index in [0.717, 1.165) is 17.2 Å². The van der Waals surface area contributed by atoms with Crippen molar-refractivity contribution >= 4 is 17.5 Å². The van der Waals surface area contributed by atoms with Crippen molar-refractivity contribution in [3.05, 3.63) is 11.9 Å². The summed E-state index contributed by atoms with van der Waals surface area (Å²) in [4.78, 5) is 22.8. The lowest BCUT2D eigenvalue weighted by Gasteiger charge is -2.36. The van der Waals surface area contributed by atoms with Gasteiger partial charge in [0.25, 0.3) is 0 Å². The van der Waals surface area contributed by atoms with E-state index in [2.05, 4.69) is 34.4 Å². The number of hydrogen-bond acceptors (Lipinski definition) is 6. The van der Waals surface area contributed by atoms with Gasteiger partial charge in [0.15, 0.2) is 0 Å². The lowest BCUT2D eigenvalue weighted by atomic mass is 10.0. The van der Waals surface area contributed by atoms with Crippen molar-refractivity contribution in [2.75, 3.05) is 44.1 Å². The molecule has 0 spiro atoms. The molecule has 1 aromatic rings. The number of rotatable bonds is 4. The van der Waals surface area contributed by atoms with Gasteiger partial charge in [-0.05, 0) is 5.92 Å². The minimum Gasteiger partial charge on any atom is -0.377 e. The molecule has 0 bridgehead atoms. The third-order valence-corrected chi connectivity index (χ3v) is 3.63. The van der Waals surface area contributed by atoms with Crippen LogP contribution in [0, 0.1) is 0 Å². The summed E-state index contributed by atoms with van der Waals surface area (Å²) in [6.45, 7) is 5.79. The van der Waals surface area contributed by atoms with Gasteiger partial charge < -0.3 is 20.3 Å². The molecule has 0 saturated carbocycles. The normalized spacial score (nSPS) is 18.7. The maximum absolute atomic E-state index is 12.1. The molecule has 116 valence electrons. The zero-order valence-electron chi connectivity index (χ0n) is 13.0. The Kier molecular flexibility index (Phi) is 4.95. The second kappa shape index (κ2) is 6.71.